The van der Waals surface area contributed by atoms with E-state index < -0.39 is 5.37 Å². The van der Waals surface area contributed by atoms with Gasteiger partial charge in [-0.25, -0.2) is 4.39 Å². The van der Waals surface area contributed by atoms with E-state index in [0.717, 1.165) is 0 Å². The Hall–Kier alpha value is -1.09. The minimum Gasteiger partial charge on any atom is -0.339 e. The molecule has 0 saturated heterocycles. The van der Waals surface area contributed by atoms with Gasteiger partial charge in [-0.1, -0.05) is 12.1 Å². The van der Waals surface area contributed by atoms with Gasteiger partial charge < -0.3 is 5.32 Å². The van der Waals surface area contributed by atoms with E-state index in [9.17, 15) is 9.18 Å². The molecule has 0 aliphatic rings. The molecule has 0 aromatic heterocycles. The molecule has 1 aromatic rings. The molecule has 1 rings (SSSR count). The fourth-order valence-corrected chi connectivity index (χ4v) is 0.885. The van der Waals surface area contributed by atoms with Crippen molar-refractivity contribution < 1.29 is 9.18 Å². The second-order valence-electron chi connectivity index (χ2n) is 2.26. The van der Waals surface area contributed by atoms with Gasteiger partial charge in [0.1, 0.15) is 5.82 Å². The van der Waals surface area contributed by atoms with Crippen LogP contribution in [-0.2, 0) is 6.54 Å². The SMILES string of the molecule is O=C(Cl)NCc1cccc(F)c1. The Kier molecular flexibility index (Phi) is 3.05. The lowest BCUT2D eigenvalue weighted by Gasteiger charge is -2.00. The Morgan fingerprint density at radius 1 is 1.58 bits per heavy atom. The standard InChI is InChI=1S/C8H7ClFNO/c9-8(12)11-5-6-2-1-3-7(10)4-6/h1-4H,5H2,(H,11,12). The van der Waals surface area contributed by atoms with Crippen LogP contribution in [0.5, 0.6) is 0 Å². The van der Waals surface area contributed by atoms with Gasteiger partial charge in [0.15, 0.2) is 0 Å². The van der Waals surface area contributed by atoms with Gasteiger partial charge in [0.2, 0.25) is 0 Å². The molecule has 2 nitrogen and oxygen atoms in total. The molecule has 0 aliphatic heterocycles. The van der Waals surface area contributed by atoms with Crippen molar-refractivity contribution in [2.45, 2.75) is 6.54 Å². The zero-order chi connectivity index (χ0) is 8.97. The fraction of sp³-hybridized carbons (Fsp3) is 0.125. The van der Waals surface area contributed by atoms with Crippen LogP contribution in [0.25, 0.3) is 0 Å². The Morgan fingerprint density at radius 2 is 2.33 bits per heavy atom. The van der Waals surface area contributed by atoms with E-state index in [1.165, 1.54) is 12.1 Å². The summed E-state index contributed by atoms with van der Waals surface area (Å²) in [7, 11) is 0. The Morgan fingerprint density at radius 3 is 2.92 bits per heavy atom. The van der Waals surface area contributed by atoms with E-state index in [2.05, 4.69) is 5.32 Å². The maximum Gasteiger partial charge on any atom is 0.314 e. The van der Waals surface area contributed by atoms with Crippen molar-refractivity contribution in [3.63, 3.8) is 0 Å². The average molecular weight is 188 g/mol. The van der Waals surface area contributed by atoms with Gasteiger partial charge >= 0.3 is 5.37 Å². The average Bonchev–Trinajstić information content (AvgIpc) is 2.01. The van der Waals surface area contributed by atoms with Crippen LogP contribution in [0.3, 0.4) is 0 Å². The minimum absolute atomic E-state index is 0.250. The number of amides is 1. The first kappa shape index (κ1) is 9.00. The summed E-state index contributed by atoms with van der Waals surface area (Å²) in [5.41, 5.74) is 0.684. The van der Waals surface area contributed by atoms with Crippen LogP contribution in [0, 0.1) is 5.82 Å². The third kappa shape index (κ3) is 2.88. The number of benzene rings is 1. The second kappa shape index (κ2) is 4.07. The van der Waals surface area contributed by atoms with Crippen molar-refractivity contribution in [1.29, 1.82) is 0 Å². The van der Waals surface area contributed by atoms with Gasteiger partial charge in [0.05, 0.1) is 0 Å². The monoisotopic (exact) mass is 187 g/mol. The van der Waals surface area contributed by atoms with Crippen LogP contribution in [-0.4, -0.2) is 5.37 Å². The topological polar surface area (TPSA) is 29.1 Å². The lowest BCUT2D eigenvalue weighted by Crippen LogP contribution is -2.15. The molecule has 1 N–H and O–H groups in total. The lowest BCUT2D eigenvalue weighted by atomic mass is 10.2. The molecule has 4 heteroatoms. The maximum atomic E-state index is 12.5. The summed E-state index contributed by atoms with van der Waals surface area (Å²) in [6.45, 7) is 0.250. The molecule has 1 aromatic carbocycles. The highest BCUT2D eigenvalue weighted by Crippen LogP contribution is 2.02. The number of hydrogen-bond donors (Lipinski definition) is 1. The van der Waals surface area contributed by atoms with Gasteiger partial charge in [-0.05, 0) is 29.3 Å². The summed E-state index contributed by atoms with van der Waals surface area (Å²) in [6.07, 6.45) is 0. The zero-order valence-electron chi connectivity index (χ0n) is 6.18. The first-order valence-corrected chi connectivity index (χ1v) is 3.74. The van der Waals surface area contributed by atoms with Crippen LogP contribution in [0.1, 0.15) is 5.56 Å². The van der Waals surface area contributed by atoms with E-state index in [1.807, 2.05) is 0 Å². The molecule has 12 heavy (non-hydrogen) atoms. The van der Waals surface area contributed by atoms with Crippen LogP contribution in [0.4, 0.5) is 9.18 Å². The second-order valence-corrected chi connectivity index (χ2v) is 2.60. The van der Waals surface area contributed by atoms with Gasteiger partial charge in [-0.3, -0.25) is 4.79 Å². The van der Waals surface area contributed by atoms with E-state index in [1.54, 1.807) is 12.1 Å². The normalized spacial score (nSPS) is 9.50. The van der Waals surface area contributed by atoms with E-state index in [4.69, 9.17) is 11.6 Å². The first-order chi connectivity index (χ1) is 5.68. The number of carbonyl (C=O) groups excluding carboxylic acids is 1. The molecule has 0 unspecified atom stereocenters. The predicted molar refractivity (Wildman–Crippen MR) is 44.5 cm³/mol. The highest BCUT2D eigenvalue weighted by molar-refractivity contribution is 6.62. The molecule has 64 valence electrons. The summed E-state index contributed by atoms with van der Waals surface area (Å²) in [5.74, 6) is -0.323. The van der Waals surface area contributed by atoms with Crippen molar-refractivity contribution in [1.82, 2.24) is 5.32 Å². The molecule has 1 amide bonds. The molecule has 0 fully saturated rings. The summed E-state index contributed by atoms with van der Waals surface area (Å²) in [5, 5.41) is 1.71. The van der Waals surface area contributed by atoms with E-state index >= 15 is 0 Å². The Bertz CT molecular complexity index is 290. The largest absolute Gasteiger partial charge is 0.339 e. The summed E-state index contributed by atoms with van der Waals surface area (Å²) < 4.78 is 12.5. The van der Waals surface area contributed by atoms with Gasteiger partial charge in [-0.2, -0.15) is 0 Å². The van der Waals surface area contributed by atoms with Crippen LogP contribution >= 0.6 is 11.6 Å². The van der Waals surface area contributed by atoms with E-state index in [0.29, 0.717) is 5.56 Å². The van der Waals surface area contributed by atoms with Crippen LogP contribution < -0.4 is 5.32 Å². The Balaban J connectivity index is 2.57. The highest BCUT2D eigenvalue weighted by atomic mass is 35.5. The number of hydrogen-bond acceptors (Lipinski definition) is 1. The third-order valence-electron chi connectivity index (χ3n) is 1.32. The number of rotatable bonds is 2. The molecule has 0 saturated carbocycles. The molecule has 0 heterocycles. The van der Waals surface area contributed by atoms with E-state index in [-0.39, 0.29) is 12.4 Å². The summed E-state index contributed by atoms with van der Waals surface area (Å²) in [4.78, 5) is 10.3. The number of carbonyl (C=O) groups is 1. The Labute approximate surface area is 74.3 Å². The van der Waals surface area contributed by atoms with Crippen LogP contribution in [0.15, 0.2) is 24.3 Å². The van der Waals surface area contributed by atoms with Gasteiger partial charge in [-0.15, -0.1) is 0 Å². The molecule has 0 spiro atoms. The maximum absolute atomic E-state index is 12.5. The summed E-state index contributed by atoms with van der Waals surface area (Å²) in [6, 6.07) is 5.96. The van der Waals surface area contributed by atoms with Crippen molar-refractivity contribution >= 4 is 17.0 Å². The van der Waals surface area contributed by atoms with Gasteiger partial charge in [0, 0.05) is 6.54 Å². The molecule has 0 radical (unpaired) electrons. The van der Waals surface area contributed by atoms with Crippen molar-refractivity contribution in [2.24, 2.45) is 0 Å². The summed E-state index contributed by atoms with van der Waals surface area (Å²) >= 11 is 5.02. The van der Waals surface area contributed by atoms with Crippen molar-refractivity contribution in [2.75, 3.05) is 0 Å². The number of halogens is 2. The first-order valence-electron chi connectivity index (χ1n) is 3.36. The fourth-order valence-electron chi connectivity index (χ4n) is 0.818. The minimum atomic E-state index is -0.640. The molecule has 0 aliphatic carbocycles. The number of nitrogens with one attached hydrogen (secondary N) is 1. The quantitative estimate of drug-likeness (QED) is 0.559. The lowest BCUT2D eigenvalue weighted by molar-refractivity contribution is 0.259. The predicted octanol–water partition coefficient (Wildman–Crippen LogP) is 2.27. The third-order valence-corrected chi connectivity index (χ3v) is 1.45. The molecular weight excluding hydrogens is 181 g/mol. The highest BCUT2D eigenvalue weighted by Gasteiger charge is 1.96. The smallest absolute Gasteiger partial charge is 0.314 e. The molecule has 0 bridgehead atoms. The molecular formula is C8H7ClFNO. The molecule has 0 atom stereocenters. The zero-order valence-corrected chi connectivity index (χ0v) is 6.94. The van der Waals surface area contributed by atoms with Gasteiger partial charge in [0.25, 0.3) is 0 Å². The van der Waals surface area contributed by atoms with Crippen molar-refractivity contribution in [3.05, 3.63) is 35.6 Å². The van der Waals surface area contributed by atoms with Crippen LogP contribution in [0.2, 0.25) is 0 Å². The van der Waals surface area contributed by atoms with Crippen molar-refractivity contribution in [3.8, 4) is 0 Å².